The van der Waals surface area contributed by atoms with Crippen molar-refractivity contribution >= 4 is 17.5 Å². The summed E-state index contributed by atoms with van der Waals surface area (Å²) in [6.45, 7) is 4.51. The van der Waals surface area contributed by atoms with Crippen molar-refractivity contribution in [1.29, 1.82) is 0 Å². The van der Waals surface area contributed by atoms with Gasteiger partial charge in [0.15, 0.2) is 5.69 Å². The average molecular weight is 308 g/mol. The molecule has 1 aromatic heterocycles. The maximum atomic E-state index is 12.2. The van der Waals surface area contributed by atoms with Gasteiger partial charge < -0.3 is 10.1 Å². The van der Waals surface area contributed by atoms with Gasteiger partial charge in [-0.2, -0.15) is 5.10 Å². The predicted molar refractivity (Wildman–Crippen MR) is 81.8 cm³/mol. The third-order valence-electron chi connectivity index (χ3n) is 3.22. The zero-order valence-corrected chi connectivity index (χ0v) is 13.0. The highest BCUT2D eigenvalue weighted by Crippen LogP contribution is 2.19. The number of hydrogen-bond acceptors (Lipinski definition) is 3. The van der Waals surface area contributed by atoms with Crippen molar-refractivity contribution in [3.63, 3.8) is 0 Å². The quantitative estimate of drug-likeness (QED) is 0.923. The Morgan fingerprint density at radius 2 is 2.10 bits per heavy atom. The summed E-state index contributed by atoms with van der Waals surface area (Å²) in [7, 11) is 1.62. The number of halogens is 1. The molecule has 112 valence electrons. The van der Waals surface area contributed by atoms with Crippen LogP contribution in [0.2, 0.25) is 5.02 Å². The largest absolute Gasteiger partial charge is 0.497 e. The molecule has 1 heterocycles. The van der Waals surface area contributed by atoms with Crippen LogP contribution in [0.25, 0.3) is 0 Å². The molecule has 0 spiro atoms. The Morgan fingerprint density at radius 1 is 1.43 bits per heavy atom. The van der Waals surface area contributed by atoms with Gasteiger partial charge in [-0.15, -0.1) is 0 Å². The van der Waals surface area contributed by atoms with Gasteiger partial charge >= 0.3 is 0 Å². The van der Waals surface area contributed by atoms with Gasteiger partial charge in [0, 0.05) is 12.7 Å². The first-order valence-electron chi connectivity index (χ1n) is 6.73. The van der Waals surface area contributed by atoms with E-state index in [-0.39, 0.29) is 17.6 Å². The molecular formula is C15H18ClN3O2. The van der Waals surface area contributed by atoms with Gasteiger partial charge in [-0.25, -0.2) is 0 Å². The maximum Gasteiger partial charge on any atom is 0.273 e. The van der Waals surface area contributed by atoms with Crippen LogP contribution in [0.3, 0.4) is 0 Å². The fourth-order valence-electron chi connectivity index (χ4n) is 1.95. The summed E-state index contributed by atoms with van der Waals surface area (Å²) < 4.78 is 6.75. The number of carbonyl (C=O) groups is 1. The summed E-state index contributed by atoms with van der Waals surface area (Å²) in [6.07, 6.45) is 1.65. The van der Waals surface area contributed by atoms with E-state index in [0.717, 1.165) is 11.3 Å². The van der Waals surface area contributed by atoms with Crippen molar-refractivity contribution < 1.29 is 9.53 Å². The molecule has 0 radical (unpaired) electrons. The number of aryl methyl sites for hydroxylation is 1. The Balaban J connectivity index is 2.08. The van der Waals surface area contributed by atoms with Crippen molar-refractivity contribution in [3.8, 4) is 5.75 Å². The van der Waals surface area contributed by atoms with E-state index in [2.05, 4.69) is 10.4 Å². The normalized spacial score (nSPS) is 12.0. The number of hydrogen-bond donors (Lipinski definition) is 1. The topological polar surface area (TPSA) is 56.2 Å². The third-order valence-corrected chi connectivity index (χ3v) is 3.50. The Kier molecular flexibility index (Phi) is 4.85. The SMILES string of the molecule is CCn1cc(Cl)c(C(=O)N[C@@H](C)c2ccc(OC)cc2)n1. The number of benzene rings is 1. The molecule has 0 saturated carbocycles. The Labute approximate surface area is 128 Å². The van der Waals surface area contributed by atoms with Crippen LogP contribution in [-0.4, -0.2) is 22.8 Å². The van der Waals surface area contributed by atoms with Crippen molar-refractivity contribution in [3.05, 3.63) is 46.7 Å². The summed E-state index contributed by atoms with van der Waals surface area (Å²) in [5.41, 5.74) is 1.23. The predicted octanol–water partition coefficient (Wildman–Crippen LogP) is 3.06. The zero-order valence-electron chi connectivity index (χ0n) is 12.3. The van der Waals surface area contributed by atoms with Gasteiger partial charge in [0.1, 0.15) is 5.75 Å². The fourth-order valence-corrected chi connectivity index (χ4v) is 2.19. The molecule has 6 heteroatoms. The average Bonchev–Trinajstić information content (AvgIpc) is 2.88. The number of nitrogens with zero attached hydrogens (tertiary/aromatic N) is 2. The van der Waals surface area contributed by atoms with E-state index in [4.69, 9.17) is 16.3 Å². The minimum atomic E-state index is -0.282. The maximum absolute atomic E-state index is 12.2. The van der Waals surface area contributed by atoms with Crippen LogP contribution >= 0.6 is 11.6 Å². The zero-order chi connectivity index (χ0) is 15.4. The van der Waals surface area contributed by atoms with Crippen LogP contribution in [-0.2, 0) is 6.54 Å². The molecule has 1 atom stereocenters. The molecule has 0 aliphatic carbocycles. The number of carbonyl (C=O) groups excluding carboxylic acids is 1. The molecule has 1 aromatic carbocycles. The van der Waals surface area contributed by atoms with Crippen LogP contribution in [0.4, 0.5) is 0 Å². The lowest BCUT2D eigenvalue weighted by atomic mass is 10.1. The van der Waals surface area contributed by atoms with Gasteiger partial charge in [-0.05, 0) is 31.5 Å². The molecule has 0 fully saturated rings. The molecule has 0 bridgehead atoms. The first kappa shape index (κ1) is 15.4. The molecule has 0 unspecified atom stereocenters. The van der Waals surface area contributed by atoms with Gasteiger partial charge in [0.05, 0.1) is 18.2 Å². The highest BCUT2D eigenvalue weighted by atomic mass is 35.5. The summed E-state index contributed by atoms with van der Waals surface area (Å²) in [5, 5.41) is 7.40. The summed E-state index contributed by atoms with van der Waals surface area (Å²) in [5.74, 6) is 0.498. The summed E-state index contributed by atoms with van der Waals surface area (Å²) >= 11 is 6.03. The second-order valence-electron chi connectivity index (χ2n) is 4.65. The van der Waals surface area contributed by atoms with Gasteiger partial charge in [-0.3, -0.25) is 9.48 Å². The minimum Gasteiger partial charge on any atom is -0.497 e. The first-order chi connectivity index (χ1) is 10.0. The van der Waals surface area contributed by atoms with E-state index in [9.17, 15) is 4.79 Å². The molecule has 2 aromatic rings. The Bertz CT molecular complexity index is 622. The fraction of sp³-hybridized carbons (Fsp3) is 0.333. The van der Waals surface area contributed by atoms with Crippen LogP contribution in [0.1, 0.15) is 35.9 Å². The highest BCUT2D eigenvalue weighted by Gasteiger charge is 2.17. The minimum absolute atomic E-state index is 0.147. The Morgan fingerprint density at radius 3 is 2.62 bits per heavy atom. The Hall–Kier alpha value is -2.01. The van der Waals surface area contributed by atoms with E-state index < -0.39 is 0 Å². The van der Waals surface area contributed by atoms with Crippen molar-refractivity contribution in [2.75, 3.05) is 7.11 Å². The van der Waals surface area contributed by atoms with E-state index in [0.29, 0.717) is 11.6 Å². The van der Waals surface area contributed by atoms with E-state index >= 15 is 0 Å². The molecule has 2 rings (SSSR count). The number of amides is 1. The number of nitrogens with one attached hydrogen (secondary N) is 1. The highest BCUT2D eigenvalue weighted by molar-refractivity contribution is 6.33. The van der Waals surface area contributed by atoms with E-state index in [1.807, 2.05) is 38.1 Å². The number of ether oxygens (including phenoxy) is 1. The second-order valence-corrected chi connectivity index (χ2v) is 5.06. The first-order valence-corrected chi connectivity index (χ1v) is 7.10. The molecule has 0 aliphatic rings. The molecule has 5 nitrogen and oxygen atoms in total. The van der Waals surface area contributed by atoms with Gasteiger partial charge in [0.25, 0.3) is 5.91 Å². The molecule has 1 N–H and O–H groups in total. The number of rotatable bonds is 5. The second kappa shape index (κ2) is 6.63. The number of aromatic nitrogens is 2. The lowest BCUT2D eigenvalue weighted by molar-refractivity contribution is 0.0934. The lowest BCUT2D eigenvalue weighted by Gasteiger charge is -2.14. The van der Waals surface area contributed by atoms with Crippen LogP contribution in [0.15, 0.2) is 30.5 Å². The summed E-state index contributed by atoms with van der Waals surface area (Å²) in [6, 6.07) is 7.39. The van der Waals surface area contributed by atoms with Crippen molar-refractivity contribution in [2.45, 2.75) is 26.4 Å². The van der Waals surface area contributed by atoms with Crippen LogP contribution < -0.4 is 10.1 Å². The lowest BCUT2D eigenvalue weighted by Crippen LogP contribution is -2.27. The van der Waals surface area contributed by atoms with Crippen LogP contribution in [0.5, 0.6) is 5.75 Å². The van der Waals surface area contributed by atoms with Crippen molar-refractivity contribution in [2.24, 2.45) is 0 Å². The standard InChI is InChI=1S/C15H18ClN3O2/c1-4-19-9-13(16)14(18-19)15(20)17-10(2)11-5-7-12(21-3)8-6-11/h5-10H,4H2,1-3H3,(H,17,20)/t10-/m0/s1. The van der Waals surface area contributed by atoms with E-state index in [1.54, 1.807) is 18.0 Å². The molecule has 0 saturated heterocycles. The smallest absolute Gasteiger partial charge is 0.273 e. The number of methoxy groups -OCH3 is 1. The van der Waals surface area contributed by atoms with E-state index in [1.165, 1.54) is 0 Å². The molecular weight excluding hydrogens is 290 g/mol. The summed E-state index contributed by atoms with van der Waals surface area (Å²) in [4.78, 5) is 12.2. The van der Waals surface area contributed by atoms with Gasteiger partial charge in [0.2, 0.25) is 0 Å². The molecule has 0 aliphatic heterocycles. The molecule has 1 amide bonds. The monoisotopic (exact) mass is 307 g/mol. The van der Waals surface area contributed by atoms with Crippen LogP contribution in [0, 0.1) is 0 Å². The third kappa shape index (κ3) is 3.55. The van der Waals surface area contributed by atoms with Gasteiger partial charge in [-0.1, -0.05) is 23.7 Å². The molecule has 21 heavy (non-hydrogen) atoms. The van der Waals surface area contributed by atoms with Crippen molar-refractivity contribution in [1.82, 2.24) is 15.1 Å².